The van der Waals surface area contributed by atoms with Crippen LogP contribution in [0.5, 0.6) is 0 Å². The average Bonchev–Trinajstić information content (AvgIpc) is 2.10. The number of rotatable bonds is 6. The zero-order valence-electron chi connectivity index (χ0n) is 14.6. The predicted molar refractivity (Wildman–Crippen MR) is 83.9 cm³/mol. The molecule has 6 unspecified atom stereocenters. The molecule has 0 aliphatic rings. The van der Waals surface area contributed by atoms with Crippen LogP contribution < -0.4 is 0 Å². The Bertz CT molecular complexity index is 145. The van der Waals surface area contributed by atoms with Gasteiger partial charge in [-0.15, -0.1) is 0 Å². The summed E-state index contributed by atoms with van der Waals surface area (Å²) < 4.78 is 0. The van der Waals surface area contributed by atoms with Crippen molar-refractivity contribution < 1.29 is 47.7 Å². The van der Waals surface area contributed by atoms with Crippen LogP contribution in [0.1, 0.15) is 60.8 Å². The average molecular weight is 368 g/mol. The van der Waals surface area contributed by atoms with Gasteiger partial charge in [-0.1, -0.05) is 0 Å². The van der Waals surface area contributed by atoms with Crippen molar-refractivity contribution in [3.05, 3.63) is 0 Å². The molecule has 22 heavy (non-hydrogen) atoms. The Morgan fingerprint density at radius 2 is 0.500 bits per heavy atom. The van der Waals surface area contributed by atoms with E-state index in [1.807, 2.05) is 0 Å². The molecule has 0 heterocycles. The molecule has 6 N–H and O–H groups in total. The first-order valence-corrected chi connectivity index (χ1v) is 7.46. The van der Waals surface area contributed by atoms with E-state index in [0.29, 0.717) is 19.3 Å². The van der Waals surface area contributed by atoms with Gasteiger partial charge < -0.3 is 30.6 Å². The van der Waals surface area contributed by atoms with E-state index in [9.17, 15) is 0 Å². The van der Waals surface area contributed by atoms with E-state index < -0.39 is 0 Å². The van der Waals surface area contributed by atoms with Crippen LogP contribution in [0.2, 0.25) is 0 Å². The van der Waals surface area contributed by atoms with Gasteiger partial charge in [0.2, 0.25) is 0 Å². The van der Waals surface area contributed by atoms with Crippen LogP contribution in [0.15, 0.2) is 0 Å². The summed E-state index contributed by atoms with van der Waals surface area (Å²) in [4.78, 5) is 0. The maximum Gasteiger partial charge on any atom is 0.0536 e. The van der Waals surface area contributed by atoms with Gasteiger partial charge in [-0.05, 0) is 60.8 Å². The Balaban J connectivity index is -0.000000108. The number of aliphatic hydroxyl groups excluding tert-OH is 6. The van der Waals surface area contributed by atoms with Gasteiger partial charge in [-0.2, -0.15) is 0 Å². The summed E-state index contributed by atoms with van der Waals surface area (Å²) in [5.74, 6) is 0. The zero-order chi connectivity index (χ0) is 17.6. The van der Waals surface area contributed by atoms with E-state index in [1.54, 1.807) is 41.5 Å². The molecule has 0 aliphatic carbocycles. The van der Waals surface area contributed by atoms with Gasteiger partial charge in [-0.3, -0.25) is 0 Å². The molecule has 6 atom stereocenters. The molecule has 6 nitrogen and oxygen atoms in total. The first kappa shape index (κ1) is 30.2. The summed E-state index contributed by atoms with van der Waals surface area (Å²) in [5.41, 5.74) is 0. The molecule has 0 radical (unpaired) electrons. The monoisotopic (exact) mass is 368 g/mol. The van der Waals surface area contributed by atoms with Crippen molar-refractivity contribution in [2.45, 2.75) is 97.4 Å². The summed E-state index contributed by atoms with van der Waals surface area (Å²) in [7, 11) is 0. The van der Waals surface area contributed by atoms with Crippen LogP contribution in [-0.4, -0.2) is 67.3 Å². The van der Waals surface area contributed by atoms with E-state index in [4.69, 9.17) is 30.6 Å². The van der Waals surface area contributed by atoms with Crippen LogP contribution in [0, 0.1) is 0 Å². The Morgan fingerprint density at radius 3 is 0.500 bits per heavy atom. The zero-order valence-corrected chi connectivity index (χ0v) is 15.7. The van der Waals surface area contributed by atoms with Crippen molar-refractivity contribution in [2.75, 3.05) is 0 Å². The van der Waals surface area contributed by atoms with Crippen molar-refractivity contribution in [3.8, 4) is 0 Å². The molecule has 0 saturated carbocycles. The number of hydrogen-bond donors (Lipinski definition) is 6. The summed E-state index contributed by atoms with van der Waals surface area (Å²) in [6, 6.07) is 0. The number of hydrogen-bond acceptors (Lipinski definition) is 6. The smallest absolute Gasteiger partial charge is 0.0536 e. The SMILES string of the molecule is CC(O)CC(C)O.CC(O)CC(C)O.CC(O)CC(C)O.[Fe]. The summed E-state index contributed by atoms with van der Waals surface area (Å²) in [5, 5.41) is 51.4. The van der Waals surface area contributed by atoms with Gasteiger partial charge in [0.15, 0.2) is 0 Å². The summed E-state index contributed by atoms with van der Waals surface area (Å²) in [6.45, 7) is 9.96. The second-order valence-electron chi connectivity index (χ2n) is 5.80. The van der Waals surface area contributed by atoms with E-state index in [-0.39, 0.29) is 53.7 Å². The normalized spacial score (nSPS) is 18.0. The second kappa shape index (κ2) is 19.3. The van der Waals surface area contributed by atoms with Gasteiger partial charge >= 0.3 is 0 Å². The standard InChI is InChI=1S/3C5H12O2.Fe/c3*1-4(6)3-5(2)7;/h3*4-7H,3H2,1-2H3;. The number of aliphatic hydroxyl groups is 6. The topological polar surface area (TPSA) is 121 Å². The van der Waals surface area contributed by atoms with Crippen molar-refractivity contribution in [3.63, 3.8) is 0 Å². The minimum absolute atomic E-state index is 0. The van der Waals surface area contributed by atoms with Crippen LogP contribution in [0.4, 0.5) is 0 Å². The van der Waals surface area contributed by atoms with E-state index in [1.165, 1.54) is 0 Å². The minimum Gasteiger partial charge on any atom is -0.393 e. The van der Waals surface area contributed by atoms with Crippen molar-refractivity contribution in [1.82, 2.24) is 0 Å². The molecule has 0 saturated heterocycles. The fourth-order valence-corrected chi connectivity index (χ4v) is 1.48. The first-order valence-electron chi connectivity index (χ1n) is 7.46. The Hall–Kier alpha value is 0.279. The molecule has 0 aromatic carbocycles. The molecule has 0 spiro atoms. The van der Waals surface area contributed by atoms with Gasteiger partial charge in [-0.25, -0.2) is 0 Å². The van der Waals surface area contributed by atoms with Gasteiger partial charge in [0.1, 0.15) is 0 Å². The maximum atomic E-state index is 8.56. The molecule has 140 valence electrons. The molecule has 0 aromatic heterocycles. The largest absolute Gasteiger partial charge is 0.393 e. The predicted octanol–water partition coefficient (Wildman–Crippen LogP) is 0.412. The second-order valence-corrected chi connectivity index (χ2v) is 5.80. The third-order valence-corrected chi connectivity index (χ3v) is 2.05. The molecule has 0 aromatic rings. The quantitative estimate of drug-likeness (QED) is 0.378. The molecule has 0 amide bonds. The fraction of sp³-hybridized carbons (Fsp3) is 1.00. The van der Waals surface area contributed by atoms with Crippen molar-refractivity contribution in [1.29, 1.82) is 0 Å². The Morgan fingerprint density at radius 1 is 0.409 bits per heavy atom. The third kappa shape index (κ3) is 50.0. The Kier molecular flexibility index (Phi) is 26.5. The first-order chi connectivity index (χ1) is 9.38. The Labute approximate surface area is 145 Å². The van der Waals surface area contributed by atoms with Gasteiger partial charge in [0.25, 0.3) is 0 Å². The van der Waals surface area contributed by atoms with Crippen LogP contribution in [0.3, 0.4) is 0 Å². The van der Waals surface area contributed by atoms with E-state index in [0.717, 1.165) is 0 Å². The molecule has 0 aliphatic heterocycles. The van der Waals surface area contributed by atoms with Crippen LogP contribution in [0.25, 0.3) is 0 Å². The molecular formula is C15H36FeO6. The summed E-state index contributed by atoms with van der Waals surface area (Å²) in [6.07, 6.45) is -0.833. The van der Waals surface area contributed by atoms with Crippen LogP contribution in [-0.2, 0) is 17.1 Å². The summed E-state index contributed by atoms with van der Waals surface area (Å²) >= 11 is 0. The minimum atomic E-state index is -0.375. The van der Waals surface area contributed by atoms with E-state index in [2.05, 4.69) is 0 Å². The fourth-order valence-electron chi connectivity index (χ4n) is 1.48. The molecule has 7 heteroatoms. The van der Waals surface area contributed by atoms with Crippen LogP contribution >= 0.6 is 0 Å². The molecule has 0 rings (SSSR count). The van der Waals surface area contributed by atoms with Gasteiger partial charge in [0, 0.05) is 17.1 Å². The van der Waals surface area contributed by atoms with E-state index >= 15 is 0 Å². The molecular weight excluding hydrogens is 332 g/mol. The molecule has 0 fully saturated rings. The van der Waals surface area contributed by atoms with Crippen molar-refractivity contribution >= 4 is 0 Å². The van der Waals surface area contributed by atoms with Gasteiger partial charge in [0.05, 0.1) is 36.6 Å². The maximum absolute atomic E-state index is 8.56. The van der Waals surface area contributed by atoms with Crippen molar-refractivity contribution in [2.24, 2.45) is 0 Å². The third-order valence-electron chi connectivity index (χ3n) is 2.05. The molecule has 0 bridgehead atoms.